The second-order valence-corrected chi connectivity index (χ2v) is 6.86. The molecule has 2 aromatic heterocycles. The van der Waals surface area contributed by atoms with Crippen LogP contribution in [0.1, 0.15) is 52.9 Å². The molecule has 128 valence electrons. The average Bonchev–Trinajstić information content (AvgIpc) is 3.39. The van der Waals surface area contributed by atoms with E-state index in [-0.39, 0.29) is 0 Å². The summed E-state index contributed by atoms with van der Waals surface area (Å²) in [4.78, 5) is 9.73. The van der Waals surface area contributed by atoms with E-state index in [0.717, 1.165) is 62.0 Å². The summed E-state index contributed by atoms with van der Waals surface area (Å²) in [6, 6.07) is 0. The van der Waals surface area contributed by atoms with Crippen molar-refractivity contribution < 1.29 is 4.52 Å². The van der Waals surface area contributed by atoms with Crippen LogP contribution in [-0.4, -0.2) is 34.8 Å². The topological polar surface area (TPSA) is 75.9 Å². The highest BCUT2D eigenvalue weighted by Crippen LogP contribution is 2.39. The quantitative estimate of drug-likeness (QED) is 0.877. The smallest absolute Gasteiger partial charge is 0.137 e. The second-order valence-electron chi connectivity index (χ2n) is 6.86. The number of fused-ring (bicyclic) bond motifs is 1. The molecule has 6 heteroatoms. The zero-order chi connectivity index (χ0) is 16.5. The molecule has 0 unspecified atom stereocenters. The zero-order valence-electron chi connectivity index (χ0n) is 14.5. The Hall–Kier alpha value is -1.95. The number of hydrogen-bond acceptors (Lipinski definition) is 6. The van der Waals surface area contributed by atoms with Gasteiger partial charge in [-0.25, -0.2) is 9.97 Å². The van der Waals surface area contributed by atoms with Crippen molar-refractivity contribution in [2.75, 3.05) is 25.0 Å². The maximum Gasteiger partial charge on any atom is 0.137 e. The normalized spacial score (nSPS) is 17.4. The molecule has 0 atom stereocenters. The van der Waals surface area contributed by atoms with Crippen LogP contribution in [0.25, 0.3) is 0 Å². The van der Waals surface area contributed by atoms with Gasteiger partial charge >= 0.3 is 0 Å². The number of aryl methyl sites for hydroxylation is 2. The van der Waals surface area contributed by atoms with Crippen LogP contribution in [0.3, 0.4) is 0 Å². The molecule has 0 radical (unpaired) electrons. The van der Waals surface area contributed by atoms with Crippen molar-refractivity contribution in [3.63, 3.8) is 0 Å². The van der Waals surface area contributed by atoms with E-state index in [4.69, 9.17) is 14.5 Å². The van der Waals surface area contributed by atoms with Gasteiger partial charge in [0.1, 0.15) is 17.4 Å². The van der Waals surface area contributed by atoms with E-state index in [1.165, 1.54) is 29.7 Å². The molecule has 24 heavy (non-hydrogen) atoms. The Bertz CT molecular complexity index is 716. The minimum absolute atomic E-state index is 0.578. The molecule has 2 aromatic rings. The lowest BCUT2D eigenvalue weighted by molar-refractivity contribution is 0.392. The molecule has 3 heterocycles. The van der Waals surface area contributed by atoms with Gasteiger partial charge in [0, 0.05) is 36.6 Å². The Morgan fingerprint density at radius 1 is 1.17 bits per heavy atom. The summed E-state index contributed by atoms with van der Waals surface area (Å²) in [5.41, 5.74) is 4.71. The third-order valence-electron chi connectivity index (χ3n) is 4.99. The van der Waals surface area contributed by atoms with Gasteiger partial charge in [-0.15, -0.1) is 0 Å². The Kier molecular flexibility index (Phi) is 4.22. The number of rotatable bonds is 5. The monoisotopic (exact) mass is 327 g/mol. The van der Waals surface area contributed by atoms with Gasteiger partial charge in [0.15, 0.2) is 0 Å². The fraction of sp³-hybridized carbons (Fsp3) is 0.611. The van der Waals surface area contributed by atoms with Gasteiger partial charge in [-0.1, -0.05) is 5.16 Å². The van der Waals surface area contributed by atoms with Crippen LogP contribution in [0.2, 0.25) is 0 Å². The number of aromatic nitrogens is 3. The molecule has 1 fully saturated rings. The summed E-state index contributed by atoms with van der Waals surface area (Å²) in [6.45, 7) is 6.82. The summed E-state index contributed by atoms with van der Waals surface area (Å²) >= 11 is 0. The molecule has 6 nitrogen and oxygen atoms in total. The molecule has 2 N–H and O–H groups in total. The van der Waals surface area contributed by atoms with Crippen LogP contribution >= 0.6 is 0 Å². The molecular weight excluding hydrogens is 302 g/mol. The van der Waals surface area contributed by atoms with Crippen LogP contribution in [0.5, 0.6) is 0 Å². The van der Waals surface area contributed by atoms with Gasteiger partial charge in [0.2, 0.25) is 0 Å². The molecule has 0 saturated heterocycles. The Labute approximate surface area is 142 Å². The molecular formula is C18H25N5O. The van der Waals surface area contributed by atoms with Crippen LogP contribution in [0.4, 0.5) is 5.82 Å². The van der Waals surface area contributed by atoms with E-state index in [2.05, 4.69) is 15.8 Å². The van der Waals surface area contributed by atoms with Gasteiger partial charge in [0.25, 0.3) is 0 Å². The van der Waals surface area contributed by atoms with Crippen molar-refractivity contribution in [3.05, 3.63) is 34.1 Å². The van der Waals surface area contributed by atoms with Gasteiger partial charge < -0.3 is 15.2 Å². The molecule has 1 aliphatic heterocycles. The average molecular weight is 327 g/mol. The van der Waals surface area contributed by atoms with Crippen molar-refractivity contribution in [1.82, 2.24) is 20.4 Å². The lowest BCUT2D eigenvalue weighted by Crippen LogP contribution is -2.16. The molecule has 2 aliphatic rings. The lowest BCUT2D eigenvalue weighted by Gasteiger charge is -2.14. The highest BCUT2D eigenvalue weighted by molar-refractivity contribution is 5.48. The number of anilines is 1. The minimum atomic E-state index is 0.578. The first kappa shape index (κ1) is 15.6. The minimum Gasteiger partial charge on any atom is -0.369 e. The molecule has 0 spiro atoms. The first-order valence-corrected chi connectivity index (χ1v) is 8.98. The van der Waals surface area contributed by atoms with Crippen molar-refractivity contribution in [1.29, 1.82) is 0 Å². The maximum absolute atomic E-state index is 5.25. The molecule has 0 bridgehead atoms. The highest BCUT2D eigenvalue weighted by Gasteiger charge is 2.29. The highest BCUT2D eigenvalue weighted by atomic mass is 16.5. The predicted octanol–water partition coefficient (Wildman–Crippen LogP) is 2.30. The first-order valence-electron chi connectivity index (χ1n) is 8.98. The maximum atomic E-state index is 5.25. The molecule has 4 rings (SSSR count). The summed E-state index contributed by atoms with van der Waals surface area (Å²) in [5, 5.41) is 11.1. The molecule has 1 saturated carbocycles. The number of hydrogen-bond donors (Lipinski definition) is 2. The Morgan fingerprint density at radius 2 is 2.00 bits per heavy atom. The summed E-state index contributed by atoms with van der Waals surface area (Å²) < 4.78 is 5.25. The standard InChI is InChI=1S/C18H25N5O/c1-11-14(12(2)24-23-11)6-10-20-18-15-5-8-19-9-7-16(15)21-17(22-18)13-3-4-13/h13,19H,3-10H2,1-2H3,(H,20,21,22). The van der Waals surface area contributed by atoms with E-state index in [1.807, 2.05) is 13.8 Å². The van der Waals surface area contributed by atoms with E-state index in [1.54, 1.807) is 0 Å². The lowest BCUT2D eigenvalue weighted by atomic mass is 10.1. The van der Waals surface area contributed by atoms with E-state index in [0.29, 0.717) is 5.92 Å². The number of nitrogens with one attached hydrogen (secondary N) is 2. The van der Waals surface area contributed by atoms with Gasteiger partial charge in [0.05, 0.1) is 11.4 Å². The first-order chi connectivity index (χ1) is 11.7. The third-order valence-corrected chi connectivity index (χ3v) is 4.99. The van der Waals surface area contributed by atoms with Crippen LogP contribution in [-0.2, 0) is 19.3 Å². The molecule has 0 aromatic carbocycles. The molecule has 1 aliphatic carbocycles. The second kappa shape index (κ2) is 6.51. The van der Waals surface area contributed by atoms with Crippen molar-refractivity contribution in [2.24, 2.45) is 0 Å². The van der Waals surface area contributed by atoms with Gasteiger partial charge in [-0.2, -0.15) is 0 Å². The van der Waals surface area contributed by atoms with E-state index in [9.17, 15) is 0 Å². The van der Waals surface area contributed by atoms with Crippen LogP contribution < -0.4 is 10.6 Å². The zero-order valence-corrected chi connectivity index (χ0v) is 14.5. The summed E-state index contributed by atoms with van der Waals surface area (Å²) in [6.07, 6.45) is 5.35. The SMILES string of the molecule is Cc1noc(C)c1CCNc1nc(C2CC2)nc2c1CCNCC2. The van der Waals surface area contributed by atoms with Gasteiger partial charge in [-0.3, -0.25) is 0 Å². The van der Waals surface area contributed by atoms with Crippen LogP contribution in [0.15, 0.2) is 4.52 Å². The van der Waals surface area contributed by atoms with Gasteiger partial charge in [-0.05, 0) is 46.1 Å². The van der Waals surface area contributed by atoms with Crippen LogP contribution in [0, 0.1) is 13.8 Å². The van der Waals surface area contributed by atoms with Crippen molar-refractivity contribution in [3.8, 4) is 0 Å². The fourth-order valence-corrected chi connectivity index (χ4v) is 3.40. The largest absolute Gasteiger partial charge is 0.369 e. The Morgan fingerprint density at radius 3 is 2.75 bits per heavy atom. The van der Waals surface area contributed by atoms with Crippen molar-refractivity contribution in [2.45, 2.75) is 51.9 Å². The van der Waals surface area contributed by atoms with Crippen molar-refractivity contribution >= 4 is 5.82 Å². The summed E-state index contributed by atoms with van der Waals surface area (Å²) in [7, 11) is 0. The third kappa shape index (κ3) is 3.15. The van der Waals surface area contributed by atoms with E-state index >= 15 is 0 Å². The predicted molar refractivity (Wildman–Crippen MR) is 92.5 cm³/mol. The fourth-order valence-electron chi connectivity index (χ4n) is 3.40. The number of nitrogens with zero attached hydrogens (tertiary/aromatic N) is 3. The van der Waals surface area contributed by atoms with E-state index < -0.39 is 0 Å². The Balaban J connectivity index is 1.54. The molecule has 0 amide bonds. The summed E-state index contributed by atoms with van der Waals surface area (Å²) in [5.74, 6) is 3.57.